The maximum absolute atomic E-state index is 13.0. The molecule has 460 valence electrons. The van der Waals surface area contributed by atoms with Crippen molar-refractivity contribution in [2.75, 3.05) is 47.3 Å². The highest BCUT2D eigenvalue weighted by atomic mass is 32.5. The predicted molar refractivity (Wildman–Crippen MR) is 295 cm³/mol. The van der Waals surface area contributed by atoms with Crippen molar-refractivity contribution in [2.45, 2.75) is 191 Å². The van der Waals surface area contributed by atoms with Crippen molar-refractivity contribution in [3.8, 4) is 0 Å². The Morgan fingerprint density at radius 2 is 1.15 bits per heavy atom. The van der Waals surface area contributed by atoms with E-state index in [-0.39, 0.29) is 39.2 Å². The Morgan fingerprint density at radius 1 is 0.667 bits per heavy atom. The molecule has 0 aromatic heterocycles. The topological polar surface area (TPSA) is 484 Å². The van der Waals surface area contributed by atoms with Crippen molar-refractivity contribution < 1.29 is 115 Å². The molecule has 5 heterocycles. The minimum absolute atomic E-state index is 0.0150. The van der Waals surface area contributed by atoms with E-state index in [1.807, 2.05) is 0 Å². The van der Waals surface area contributed by atoms with Crippen LogP contribution < -0.4 is 33.6 Å². The lowest BCUT2D eigenvalue weighted by Gasteiger charge is -2.49. The number of ether oxygens (including phenoxy) is 8. The van der Waals surface area contributed by atoms with E-state index in [1.165, 1.54) is 21.1 Å². The molecule has 1 aliphatic carbocycles. The molecule has 27 unspecified atom stereocenters. The van der Waals surface area contributed by atoms with E-state index >= 15 is 0 Å². The van der Waals surface area contributed by atoms with Crippen LogP contribution in [0.2, 0.25) is 0 Å². The van der Waals surface area contributed by atoms with Gasteiger partial charge in [0.15, 0.2) is 24.5 Å². The van der Waals surface area contributed by atoms with E-state index in [9.17, 15) is 50.4 Å². The fourth-order valence-corrected chi connectivity index (χ4v) is 14.2. The smallest absolute Gasteiger partial charge is 0.324 e. The Hall–Kier alpha value is -0.355. The first-order valence-electron chi connectivity index (χ1n) is 25.3. The molecular weight excluding hydrogens is 1200 g/mol. The van der Waals surface area contributed by atoms with Crippen molar-refractivity contribution in [3.63, 3.8) is 0 Å². The van der Waals surface area contributed by atoms with Crippen molar-refractivity contribution in [1.29, 1.82) is 0 Å². The number of aliphatic hydroxyl groups is 7. The zero-order valence-corrected chi connectivity index (χ0v) is 49.8. The van der Waals surface area contributed by atoms with Crippen LogP contribution in [0, 0.1) is 0 Å². The predicted octanol–water partition coefficient (Wildman–Crippen LogP) is -7.68. The second-order valence-corrected chi connectivity index (χ2v) is 29.0. The molecule has 6 aliphatic rings. The van der Waals surface area contributed by atoms with Crippen LogP contribution in [0.15, 0.2) is 9.98 Å². The van der Waals surface area contributed by atoms with E-state index < -0.39 is 197 Å². The molecular formula is C40H74B3N8O24P3S3. The van der Waals surface area contributed by atoms with Gasteiger partial charge in [-0.2, -0.15) is 0 Å². The molecule has 6 radical (unpaired) electrons. The first-order chi connectivity index (χ1) is 37.7. The number of likely N-dealkylation sites (N-methyl/N-ethyl adjacent to an activating group) is 1. The summed E-state index contributed by atoms with van der Waals surface area (Å²) < 4.78 is 81.2. The average molecular weight is 1270 g/mol. The summed E-state index contributed by atoms with van der Waals surface area (Å²) in [6.45, 7) is -9.48. The maximum Gasteiger partial charge on any atom is 0.324 e. The Morgan fingerprint density at radius 3 is 1.62 bits per heavy atom. The van der Waals surface area contributed by atoms with Crippen LogP contribution in [-0.2, 0) is 100 Å². The van der Waals surface area contributed by atoms with Crippen molar-refractivity contribution >= 4 is 91.0 Å². The van der Waals surface area contributed by atoms with Crippen molar-refractivity contribution in [1.82, 2.24) is 10.6 Å². The van der Waals surface area contributed by atoms with Crippen LogP contribution in [0.5, 0.6) is 0 Å². The SMILES string of the molecule is [B]C1CC(OP(O)(=S)OC)C(COP(O)(=S)OC2CC([B])OC2COP(O)(=S)OC2CC([B])OC2COCNC(C)(C)C2(O)C(C)OC(OC3C(O)C(O)C(N=C(N)N)C(O)C3N=C(N)N)C2OC2OC(CO)C(O)C(O)C2NC)O1. The van der Waals surface area contributed by atoms with Crippen LogP contribution in [0.1, 0.15) is 40.0 Å². The van der Waals surface area contributed by atoms with Crippen molar-refractivity contribution in [2.24, 2.45) is 32.9 Å². The maximum atomic E-state index is 13.0. The molecule has 0 bridgehead atoms. The number of rotatable bonds is 27. The van der Waals surface area contributed by atoms with E-state index in [2.05, 4.69) is 20.6 Å². The Kier molecular flexibility index (Phi) is 24.8. The van der Waals surface area contributed by atoms with Gasteiger partial charge in [0.05, 0.1) is 63.6 Å². The fraction of sp³-hybridized carbons (Fsp3) is 0.950. The lowest BCUT2D eigenvalue weighted by atomic mass is 9.75. The lowest BCUT2D eigenvalue weighted by molar-refractivity contribution is -0.319. The molecule has 5 aliphatic heterocycles. The quantitative estimate of drug-likeness (QED) is 0.00907. The van der Waals surface area contributed by atoms with Gasteiger partial charge in [-0.3, -0.25) is 5.32 Å². The van der Waals surface area contributed by atoms with Crippen LogP contribution in [0.4, 0.5) is 0 Å². The molecule has 1 saturated carbocycles. The van der Waals surface area contributed by atoms with E-state index in [1.54, 1.807) is 13.8 Å². The monoisotopic (exact) mass is 1270 g/mol. The van der Waals surface area contributed by atoms with Crippen molar-refractivity contribution in [3.05, 3.63) is 0 Å². The molecule has 27 atom stereocenters. The first-order valence-corrected chi connectivity index (χ1v) is 33.1. The molecule has 6 fully saturated rings. The summed E-state index contributed by atoms with van der Waals surface area (Å²) in [5, 5.41) is 84.8. The second kappa shape index (κ2) is 28.9. The number of nitrogens with zero attached hydrogens (tertiary/aromatic N) is 2. The molecule has 0 spiro atoms. The molecule has 81 heavy (non-hydrogen) atoms. The van der Waals surface area contributed by atoms with E-state index in [0.29, 0.717) is 0 Å². The van der Waals surface area contributed by atoms with Gasteiger partial charge < -0.3 is 144 Å². The van der Waals surface area contributed by atoms with Gasteiger partial charge in [0, 0.05) is 30.7 Å². The van der Waals surface area contributed by atoms with E-state index in [0.717, 1.165) is 0 Å². The third-order valence-corrected chi connectivity index (χ3v) is 19.4. The zero-order chi connectivity index (χ0) is 60.3. The minimum atomic E-state index is -4.15. The van der Waals surface area contributed by atoms with Gasteiger partial charge in [-0.25, -0.2) is 9.98 Å². The highest BCUT2D eigenvalue weighted by Crippen LogP contribution is 2.52. The zero-order valence-electron chi connectivity index (χ0n) is 44.6. The fourth-order valence-electron chi connectivity index (χ4n) is 10.3. The van der Waals surface area contributed by atoms with Gasteiger partial charge in [0.2, 0.25) is 0 Å². The third-order valence-electron chi connectivity index (χ3n) is 14.5. The summed E-state index contributed by atoms with van der Waals surface area (Å²) in [5.74, 6) is -1.11. The van der Waals surface area contributed by atoms with E-state index in [4.69, 9.17) is 147 Å². The summed E-state index contributed by atoms with van der Waals surface area (Å²) in [5.41, 5.74) is 18.7. The van der Waals surface area contributed by atoms with Crippen LogP contribution in [-0.4, -0.2) is 285 Å². The third kappa shape index (κ3) is 17.3. The van der Waals surface area contributed by atoms with Gasteiger partial charge in [-0.05, 0) is 82.5 Å². The van der Waals surface area contributed by atoms with Gasteiger partial charge in [-0.15, -0.1) is 0 Å². The standard InChI is InChI=1S/C40H74B3N8O24P3S3/c1-14-40(58,34(72-35-27(48-4)31(56)28(53)18(9-52)70-35)36(66-14)71-33-26(51-38(46)47)29(54)25(50-37(44)45)30(55)32(33)57)39(2,3)49-13-63-10-19-15(6-22(41)67-19)74-77(60,80)65-12-21-17(8-24(43)69-21)75-78(61,81)64-11-20-16(7-23(42)68-20)73-76(59,79)62-5/h14-36,48-49,52-58H,6-13H2,1-5H3,(H,59,79)(H,60,80)(H,61,81)(H4,44,45,50)(H4,46,47,51). The van der Waals surface area contributed by atoms with Crippen LogP contribution in [0.25, 0.3) is 0 Å². The van der Waals surface area contributed by atoms with Gasteiger partial charge in [-0.1, -0.05) is 0 Å². The molecule has 0 aromatic rings. The Bertz CT molecular complexity index is 2300. The summed E-state index contributed by atoms with van der Waals surface area (Å²) >= 11 is 15.5. The molecule has 20 N–H and O–H groups in total. The summed E-state index contributed by atoms with van der Waals surface area (Å²) in [7, 11) is 20.7. The van der Waals surface area contributed by atoms with Gasteiger partial charge >= 0.3 is 20.2 Å². The molecule has 41 heteroatoms. The summed E-state index contributed by atoms with van der Waals surface area (Å²) in [4.78, 5) is 40.3. The highest BCUT2D eigenvalue weighted by molar-refractivity contribution is 8.07. The number of guanidine groups is 2. The first kappa shape index (κ1) is 69.7. The minimum Gasteiger partial charge on any atom is -0.394 e. The molecule has 6 rings (SSSR count). The molecule has 32 nitrogen and oxygen atoms in total. The van der Waals surface area contributed by atoms with Gasteiger partial charge in [0.25, 0.3) is 0 Å². The molecule has 5 saturated heterocycles. The second-order valence-electron chi connectivity index (χ2n) is 20.5. The Labute approximate surface area is 486 Å². The average Bonchev–Trinajstić information content (AvgIpc) is 4.10. The summed E-state index contributed by atoms with van der Waals surface area (Å²) in [6, 6.07) is -6.96. The van der Waals surface area contributed by atoms with Crippen LogP contribution in [0.3, 0.4) is 0 Å². The summed E-state index contributed by atoms with van der Waals surface area (Å²) in [6.07, 6.45) is -23.9. The molecule has 0 amide bonds. The molecule has 0 aromatic carbocycles. The normalized spacial score (nSPS) is 43.4. The number of aliphatic hydroxyl groups excluding tert-OH is 6. The number of nitrogens with two attached hydrogens (primary N) is 4. The number of nitrogens with one attached hydrogen (secondary N) is 2. The number of hydrogen-bond acceptors (Lipinski definition) is 28. The lowest BCUT2D eigenvalue weighted by Crippen LogP contribution is -2.71. The largest absolute Gasteiger partial charge is 0.394 e. The Balaban J connectivity index is 1.11. The number of aliphatic imine (C=N–C) groups is 2. The highest BCUT2D eigenvalue weighted by Gasteiger charge is 2.66. The number of hydrogen-bond donors (Lipinski definition) is 16. The van der Waals surface area contributed by atoms with Gasteiger partial charge in [0.1, 0.15) is 108 Å². The van der Waals surface area contributed by atoms with Crippen LogP contribution >= 0.6 is 20.2 Å².